The van der Waals surface area contributed by atoms with E-state index in [9.17, 15) is 29.3 Å². The quantitative estimate of drug-likeness (QED) is 0.151. The van der Waals surface area contributed by atoms with Gasteiger partial charge in [0.05, 0.1) is 31.6 Å². The van der Waals surface area contributed by atoms with Gasteiger partial charge in [-0.3, -0.25) is 29.3 Å². The molecular weight excluding hydrogens is 639 g/mol. The Morgan fingerprint density at radius 3 is 2.40 bits per heavy atom. The van der Waals surface area contributed by atoms with Crippen LogP contribution in [0.5, 0.6) is 5.75 Å². The number of benzene rings is 3. The number of carbonyl (C=O) groups is 3. The lowest BCUT2D eigenvalue weighted by Gasteiger charge is -2.29. The first-order valence-corrected chi connectivity index (χ1v) is 15.1. The van der Waals surface area contributed by atoms with Crippen LogP contribution in [0.4, 0.5) is 17.1 Å². The standard InChI is InChI=1S/C28H18Cl2N4O7S2/c29-18-10-3-14(11-19(18)30)31-20(35)12-41-17-8-1-13(2-9-17)21-22-24(42-25-23(21)43-28(38)32-25)27(37)33(26(22)36)15-4-6-16(7-5-15)34(39)40/h1-11,21-22,24H,12H2,(H,31,35)(H,32,38). The Labute approximate surface area is 260 Å². The third-order valence-corrected chi connectivity index (χ3v) is 10.1. The number of hydrogen-bond acceptors (Lipinski definition) is 9. The van der Waals surface area contributed by atoms with Crippen LogP contribution in [0.2, 0.25) is 10.0 Å². The van der Waals surface area contributed by atoms with Gasteiger partial charge in [0, 0.05) is 28.6 Å². The molecular formula is C28H18Cl2N4O7S2. The van der Waals surface area contributed by atoms with Gasteiger partial charge in [-0.25, -0.2) is 4.90 Å². The number of thiazole rings is 1. The summed E-state index contributed by atoms with van der Waals surface area (Å²) in [6, 6.07) is 16.6. The highest BCUT2D eigenvalue weighted by Gasteiger charge is 2.56. The van der Waals surface area contributed by atoms with Crippen LogP contribution in [-0.2, 0) is 14.4 Å². The van der Waals surface area contributed by atoms with Crippen LogP contribution in [0, 0.1) is 16.0 Å². The van der Waals surface area contributed by atoms with Crippen molar-refractivity contribution >= 4 is 81.1 Å². The summed E-state index contributed by atoms with van der Waals surface area (Å²) < 4.78 is 5.63. The molecule has 3 atom stereocenters. The second kappa shape index (κ2) is 11.5. The minimum absolute atomic E-state index is 0.165. The van der Waals surface area contributed by atoms with Gasteiger partial charge in [0.25, 0.3) is 11.6 Å². The largest absolute Gasteiger partial charge is 0.484 e. The molecule has 1 fully saturated rings. The van der Waals surface area contributed by atoms with Crippen LogP contribution in [0.1, 0.15) is 16.4 Å². The molecule has 2 N–H and O–H groups in total. The number of H-pyrrole nitrogens is 1. The Bertz CT molecular complexity index is 1840. The molecule has 0 bridgehead atoms. The Kier molecular flexibility index (Phi) is 7.73. The van der Waals surface area contributed by atoms with Crippen molar-refractivity contribution in [3.8, 4) is 5.75 Å². The number of carbonyl (C=O) groups excluding carboxylic acids is 3. The van der Waals surface area contributed by atoms with E-state index >= 15 is 0 Å². The maximum atomic E-state index is 13.8. The maximum absolute atomic E-state index is 13.8. The number of rotatable bonds is 7. The summed E-state index contributed by atoms with van der Waals surface area (Å²) in [5, 5.41) is 14.1. The molecule has 2 aliphatic rings. The molecule has 3 amide bonds. The first-order valence-electron chi connectivity index (χ1n) is 12.6. The van der Waals surface area contributed by atoms with Crippen LogP contribution in [0.3, 0.4) is 0 Å². The number of hydrogen-bond donors (Lipinski definition) is 2. The molecule has 0 aliphatic carbocycles. The first-order chi connectivity index (χ1) is 20.6. The third kappa shape index (κ3) is 5.52. The minimum atomic E-state index is -0.824. The Morgan fingerprint density at radius 2 is 1.72 bits per heavy atom. The van der Waals surface area contributed by atoms with Crippen LogP contribution in [0.15, 0.2) is 76.6 Å². The number of imide groups is 1. The van der Waals surface area contributed by atoms with E-state index < -0.39 is 39.7 Å². The zero-order valence-electron chi connectivity index (χ0n) is 21.6. The normalized spacial score (nSPS) is 19.1. The average Bonchev–Trinajstić information content (AvgIpc) is 3.48. The smallest absolute Gasteiger partial charge is 0.305 e. The van der Waals surface area contributed by atoms with Gasteiger partial charge in [-0.1, -0.05) is 58.4 Å². The summed E-state index contributed by atoms with van der Waals surface area (Å²) in [6.07, 6.45) is 0. The van der Waals surface area contributed by atoms with Crippen molar-refractivity contribution in [1.82, 2.24) is 4.98 Å². The molecule has 1 saturated heterocycles. The summed E-state index contributed by atoms with van der Waals surface area (Å²) in [4.78, 5) is 66.7. The molecule has 43 heavy (non-hydrogen) atoms. The maximum Gasteiger partial charge on any atom is 0.305 e. The predicted molar refractivity (Wildman–Crippen MR) is 163 cm³/mol. The molecule has 3 heterocycles. The molecule has 3 aromatic carbocycles. The van der Waals surface area contributed by atoms with E-state index in [0.29, 0.717) is 36.9 Å². The third-order valence-electron chi connectivity index (χ3n) is 6.96. The zero-order valence-corrected chi connectivity index (χ0v) is 24.8. The summed E-state index contributed by atoms with van der Waals surface area (Å²) in [5.41, 5.74) is 1.20. The lowest BCUT2D eigenvalue weighted by atomic mass is 9.83. The molecule has 0 spiro atoms. The van der Waals surface area contributed by atoms with Gasteiger partial charge in [-0.05, 0) is 48.0 Å². The Morgan fingerprint density at radius 1 is 1.00 bits per heavy atom. The van der Waals surface area contributed by atoms with Gasteiger partial charge >= 0.3 is 4.87 Å². The fourth-order valence-electron chi connectivity index (χ4n) is 5.05. The van der Waals surface area contributed by atoms with E-state index in [4.69, 9.17) is 27.9 Å². The molecule has 2 aliphatic heterocycles. The number of non-ortho nitro benzene ring substituents is 1. The highest BCUT2D eigenvalue weighted by atomic mass is 35.5. The van der Waals surface area contributed by atoms with Crippen LogP contribution < -0.4 is 19.8 Å². The molecule has 6 rings (SSSR count). The average molecular weight is 658 g/mol. The number of nitro benzene ring substituents is 1. The van der Waals surface area contributed by atoms with Crippen molar-refractivity contribution in [2.45, 2.75) is 16.2 Å². The number of fused-ring (bicyclic) bond motifs is 2. The van der Waals surface area contributed by atoms with Gasteiger partial charge in [0.15, 0.2) is 6.61 Å². The summed E-state index contributed by atoms with van der Waals surface area (Å²) in [6.45, 7) is -0.287. The van der Waals surface area contributed by atoms with Crippen LogP contribution >= 0.6 is 46.3 Å². The summed E-state index contributed by atoms with van der Waals surface area (Å²) >= 11 is 14.0. The van der Waals surface area contributed by atoms with E-state index in [1.165, 1.54) is 30.3 Å². The number of halogens is 2. The predicted octanol–water partition coefficient (Wildman–Crippen LogP) is 5.46. The van der Waals surface area contributed by atoms with Crippen LogP contribution in [-0.4, -0.2) is 39.5 Å². The van der Waals surface area contributed by atoms with Crippen molar-refractivity contribution in [3.05, 3.63) is 107 Å². The first kappa shape index (κ1) is 28.9. The zero-order chi connectivity index (χ0) is 30.4. The number of amides is 3. The Hall–Kier alpha value is -4.17. The van der Waals surface area contributed by atoms with Crippen molar-refractivity contribution in [1.29, 1.82) is 0 Å². The number of aromatic amines is 1. The second-order valence-electron chi connectivity index (χ2n) is 9.57. The number of aromatic nitrogens is 1. The highest BCUT2D eigenvalue weighted by Crippen LogP contribution is 2.53. The van der Waals surface area contributed by atoms with Crippen LogP contribution in [0.25, 0.3) is 0 Å². The number of nitrogens with zero attached hydrogens (tertiary/aromatic N) is 2. The Balaban J connectivity index is 1.23. The number of ether oxygens (including phenoxy) is 1. The van der Waals surface area contributed by atoms with E-state index in [1.807, 2.05) is 0 Å². The number of nitro groups is 1. The van der Waals surface area contributed by atoms with Gasteiger partial charge in [-0.15, -0.1) is 0 Å². The van der Waals surface area contributed by atoms with Gasteiger partial charge < -0.3 is 15.0 Å². The van der Waals surface area contributed by atoms with E-state index in [2.05, 4.69) is 10.3 Å². The van der Waals surface area contributed by atoms with Crippen molar-refractivity contribution in [3.63, 3.8) is 0 Å². The van der Waals surface area contributed by atoms with Gasteiger partial charge in [-0.2, -0.15) is 0 Å². The molecule has 4 aromatic rings. The van der Waals surface area contributed by atoms with Crippen molar-refractivity contribution in [2.24, 2.45) is 5.92 Å². The van der Waals surface area contributed by atoms with E-state index in [0.717, 1.165) is 28.0 Å². The van der Waals surface area contributed by atoms with Crippen molar-refractivity contribution in [2.75, 3.05) is 16.8 Å². The monoisotopic (exact) mass is 656 g/mol. The molecule has 3 unspecified atom stereocenters. The molecule has 218 valence electrons. The molecule has 0 radical (unpaired) electrons. The number of anilines is 2. The molecule has 0 saturated carbocycles. The summed E-state index contributed by atoms with van der Waals surface area (Å²) in [5.74, 6) is -2.40. The SMILES string of the molecule is O=C(COc1ccc(C2c3sc(=O)[nH]c3SC3C(=O)N(c4ccc([N+](=O)[O-])cc4)C(=O)C32)cc1)Nc1ccc(Cl)c(Cl)c1. The fraction of sp³-hybridized carbons (Fsp3) is 0.143. The molecule has 11 nitrogen and oxygen atoms in total. The second-order valence-corrected chi connectivity index (χ2v) is 12.6. The minimum Gasteiger partial charge on any atom is -0.484 e. The van der Waals surface area contributed by atoms with E-state index in [1.54, 1.807) is 36.4 Å². The summed E-state index contributed by atoms with van der Waals surface area (Å²) in [7, 11) is 0. The van der Waals surface area contributed by atoms with Gasteiger partial charge in [0.2, 0.25) is 11.8 Å². The topological polar surface area (TPSA) is 152 Å². The fourth-order valence-corrected chi connectivity index (χ4v) is 7.86. The number of thioether (sulfide) groups is 1. The lowest BCUT2D eigenvalue weighted by molar-refractivity contribution is -0.384. The van der Waals surface area contributed by atoms with Crippen molar-refractivity contribution < 1.29 is 24.0 Å². The molecule has 15 heteroatoms. The number of nitrogens with one attached hydrogen (secondary N) is 2. The van der Waals surface area contributed by atoms with E-state index in [-0.39, 0.29) is 22.9 Å². The highest BCUT2D eigenvalue weighted by molar-refractivity contribution is 8.00. The lowest BCUT2D eigenvalue weighted by Crippen LogP contribution is -2.32. The van der Waals surface area contributed by atoms with Gasteiger partial charge in [0.1, 0.15) is 11.0 Å². The molecule has 1 aromatic heterocycles.